The van der Waals surface area contributed by atoms with Crippen LogP contribution in [-0.2, 0) is 20.0 Å². The van der Waals surface area contributed by atoms with Crippen molar-refractivity contribution in [2.45, 2.75) is 35.5 Å². The molecular weight excluding hydrogens is 544 g/mol. The van der Waals surface area contributed by atoms with E-state index in [-0.39, 0.29) is 9.79 Å². The number of hydrazone groups is 2. The molecule has 0 atom stereocenters. The van der Waals surface area contributed by atoms with Gasteiger partial charge < -0.3 is 0 Å². The number of fused-ring (bicyclic) bond motifs is 1. The molecule has 4 aromatic rings. The Kier molecular flexibility index (Phi) is 6.31. The number of nitrogens with one attached hydrogen (secondary N) is 2. The Morgan fingerprint density at radius 3 is 1.10 bits per heavy atom. The molecule has 10 heteroatoms. The van der Waals surface area contributed by atoms with E-state index >= 15 is 0 Å². The molecule has 0 heterocycles. The Labute approximate surface area is 233 Å². The van der Waals surface area contributed by atoms with Crippen LogP contribution < -0.4 is 9.66 Å². The molecule has 202 valence electrons. The van der Waals surface area contributed by atoms with Gasteiger partial charge in [-0.1, -0.05) is 83.9 Å². The Morgan fingerprint density at radius 1 is 0.500 bits per heavy atom. The summed E-state index contributed by atoms with van der Waals surface area (Å²) in [4.78, 5) is 4.90. The summed E-state index contributed by atoms with van der Waals surface area (Å²) < 4.78 is 52.6. The Hall–Kier alpha value is -4.28. The predicted octanol–water partition coefficient (Wildman–Crippen LogP) is 4.56. The number of aryl methyl sites for hydroxylation is 2. The fraction of sp³-hybridized carbons (Fsp3) is 0.133. The summed E-state index contributed by atoms with van der Waals surface area (Å²) in [6, 6.07) is 28.5. The predicted molar refractivity (Wildman–Crippen MR) is 154 cm³/mol. The van der Waals surface area contributed by atoms with Crippen LogP contribution in [0, 0.1) is 13.8 Å². The second kappa shape index (κ2) is 9.72. The molecular formula is C30H26N4O4S2. The summed E-state index contributed by atoms with van der Waals surface area (Å²) in [7, 11) is -7.99. The van der Waals surface area contributed by atoms with Crippen molar-refractivity contribution in [2.75, 3.05) is 0 Å². The normalized spacial score (nSPS) is 19.8. The van der Waals surface area contributed by atoms with Gasteiger partial charge in [0.2, 0.25) is 0 Å². The first-order chi connectivity index (χ1) is 19.2. The molecule has 3 aliphatic rings. The highest BCUT2D eigenvalue weighted by Gasteiger charge is 2.46. The lowest BCUT2D eigenvalue weighted by molar-refractivity contribution is 0.582. The zero-order chi connectivity index (χ0) is 28.1. The molecule has 0 saturated heterocycles. The van der Waals surface area contributed by atoms with E-state index in [2.05, 4.69) is 19.9 Å². The van der Waals surface area contributed by atoms with Crippen LogP contribution in [0.1, 0.15) is 45.2 Å². The molecule has 2 bridgehead atoms. The van der Waals surface area contributed by atoms with Gasteiger partial charge in [0, 0.05) is 0 Å². The SMILES string of the molecule is Cc1ccc(S(=O)(=O)NN=C2C(=NNS(=O)(=O)c3ccc(C)cc3)C3c4ccccc4C2c2ccccc23)cc1. The average molecular weight is 571 g/mol. The van der Waals surface area contributed by atoms with Gasteiger partial charge in [-0.3, -0.25) is 0 Å². The lowest BCUT2D eigenvalue weighted by Crippen LogP contribution is -2.43. The van der Waals surface area contributed by atoms with Crippen LogP contribution in [0.15, 0.2) is 117 Å². The third kappa shape index (κ3) is 4.48. The third-order valence-electron chi connectivity index (χ3n) is 7.28. The van der Waals surface area contributed by atoms with Crippen LogP contribution in [0.5, 0.6) is 0 Å². The molecule has 0 saturated carbocycles. The summed E-state index contributed by atoms with van der Waals surface area (Å²) in [6.45, 7) is 3.75. The van der Waals surface area contributed by atoms with E-state index < -0.39 is 31.9 Å². The quantitative estimate of drug-likeness (QED) is 0.331. The molecule has 8 nitrogen and oxygen atoms in total. The summed E-state index contributed by atoms with van der Waals surface area (Å²) in [6.07, 6.45) is 0. The van der Waals surface area contributed by atoms with Crippen LogP contribution in [0.4, 0.5) is 0 Å². The first kappa shape index (κ1) is 26.0. The second-order valence-electron chi connectivity index (χ2n) is 9.93. The van der Waals surface area contributed by atoms with E-state index in [0.29, 0.717) is 11.4 Å². The number of benzene rings is 4. The maximum Gasteiger partial charge on any atom is 0.276 e. The number of nitrogens with zero attached hydrogens (tertiary/aromatic N) is 2. The zero-order valence-corrected chi connectivity index (χ0v) is 23.4. The van der Waals surface area contributed by atoms with Crippen LogP contribution in [0.25, 0.3) is 0 Å². The van der Waals surface area contributed by atoms with E-state index in [9.17, 15) is 16.8 Å². The first-order valence-electron chi connectivity index (χ1n) is 12.7. The molecule has 3 aliphatic carbocycles. The minimum Gasteiger partial charge on any atom is -0.200 e. The minimum absolute atomic E-state index is 0.0720. The second-order valence-corrected chi connectivity index (χ2v) is 13.3. The van der Waals surface area contributed by atoms with Gasteiger partial charge in [-0.2, -0.15) is 36.7 Å². The van der Waals surface area contributed by atoms with Gasteiger partial charge >= 0.3 is 0 Å². The standard InChI is InChI=1S/C30H26N4O4S2/c1-19-11-15-21(16-12-19)39(35,36)33-31-29-27-23-7-3-5-9-25(23)28(26-10-6-4-8-24(26)27)30(29)32-34-40(37,38)22-17-13-20(2)14-18-22/h3-18,27-28,33-34H,1-2H3. The van der Waals surface area contributed by atoms with Crippen molar-refractivity contribution in [2.24, 2.45) is 10.2 Å². The van der Waals surface area contributed by atoms with Gasteiger partial charge in [0.1, 0.15) is 0 Å². The minimum atomic E-state index is -3.99. The van der Waals surface area contributed by atoms with E-state index in [4.69, 9.17) is 0 Å². The van der Waals surface area contributed by atoms with Gasteiger partial charge in [-0.15, -0.1) is 0 Å². The number of hydrogen-bond donors (Lipinski definition) is 2. The maximum absolute atomic E-state index is 13.2. The summed E-state index contributed by atoms with van der Waals surface area (Å²) in [5.74, 6) is -0.888. The van der Waals surface area contributed by atoms with Crippen molar-refractivity contribution in [1.82, 2.24) is 9.66 Å². The largest absolute Gasteiger partial charge is 0.276 e. The Morgan fingerprint density at radius 2 is 0.800 bits per heavy atom. The number of sulfonamides is 2. The highest BCUT2D eigenvalue weighted by atomic mass is 32.2. The maximum atomic E-state index is 13.2. The van der Waals surface area contributed by atoms with Crippen molar-refractivity contribution in [3.05, 3.63) is 130 Å². The van der Waals surface area contributed by atoms with E-state index in [1.807, 2.05) is 62.4 Å². The molecule has 40 heavy (non-hydrogen) atoms. The molecule has 0 aliphatic heterocycles. The fourth-order valence-electron chi connectivity index (χ4n) is 5.30. The van der Waals surface area contributed by atoms with Gasteiger partial charge in [-0.25, -0.2) is 0 Å². The monoisotopic (exact) mass is 570 g/mol. The van der Waals surface area contributed by atoms with Gasteiger partial charge in [0.15, 0.2) is 0 Å². The first-order valence-corrected chi connectivity index (χ1v) is 15.6. The Balaban J connectivity index is 1.49. The summed E-state index contributed by atoms with van der Waals surface area (Å²) >= 11 is 0. The molecule has 0 radical (unpaired) electrons. The zero-order valence-electron chi connectivity index (χ0n) is 21.7. The van der Waals surface area contributed by atoms with Crippen molar-refractivity contribution in [3.8, 4) is 0 Å². The summed E-state index contributed by atoms with van der Waals surface area (Å²) in [5.41, 5.74) is 6.42. The Bertz CT molecular complexity index is 1710. The molecule has 0 aromatic heterocycles. The molecule has 0 spiro atoms. The summed E-state index contributed by atoms with van der Waals surface area (Å²) in [5, 5.41) is 8.83. The lowest BCUT2D eigenvalue weighted by atomic mass is 9.62. The highest BCUT2D eigenvalue weighted by molar-refractivity contribution is 7.89. The van der Waals surface area contributed by atoms with Gasteiger partial charge in [0.25, 0.3) is 20.0 Å². The highest BCUT2D eigenvalue weighted by Crippen LogP contribution is 2.50. The average Bonchev–Trinajstić information content (AvgIpc) is 2.95. The molecule has 0 unspecified atom stereocenters. The van der Waals surface area contributed by atoms with Crippen LogP contribution >= 0.6 is 0 Å². The van der Waals surface area contributed by atoms with Crippen LogP contribution in [0.3, 0.4) is 0 Å². The molecule has 2 N–H and O–H groups in total. The van der Waals surface area contributed by atoms with Crippen molar-refractivity contribution < 1.29 is 16.8 Å². The van der Waals surface area contributed by atoms with Crippen molar-refractivity contribution in [3.63, 3.8) is 0 Å². The van der Waals surface area contributed by atoms with E-state index in [0.717, 1.165) is 33.4 Å². The molecule has 0 amide bonds. The molecule has 4 aromatic carbocycles. The molecule has 7 rings (SSSR count). The van der Waals surface area contributed by atoms with E-state index in [1.54, 1.807) is 24.3 Å². The lowest BCUT2D eigenvalue weighted by Gasteiger charge is -2.41. The number of rotatable bonds is 6. The topological polar surface area (TPSA) is 117 Å². The van der Waals surface area contributed by atoms with E-state index in [1.165, 1.54) is 24.3 Å². The molecule has 0 fully saturated rings. The van der Waals surface area contributed by atoms with Gasteiger partial charge in [0.05, 0.1) is 33.1 Å². The van der Waals surface area contributed by atoms with Crippen molar-refractivity contribution >= 4 is 31.5 Å². The van der Waals surface area contributed by atoms with Gasteiger partial charge in [-0.05, 0) is 60.4 Å². The smallest absolute Gasteiger partial charge is 0.200 e. The number of hydrogen-bond acceptors (Lipinski definition) is 6. The third-order valence-corrected chi connectivity index (χ3v) is 9.73. The van der Waals surface area contributed by atoms with Crippen molar-refractivity contribution in [1.29, 1.82) is 0 Å². The van der Waals surface area contributed by atoms with Crippen LogP contribution in [-0.4, -0.2) is 28.3 Å². The van der Waals surface area contributed by atoms with Crippen LogP contribution in [0.2, 0.25) is 0 Å². The fourth-order valence-corrected chi connectivity index (χ4v) is 6.93.